The molecule has 0 bridgehead atoms. The van der Waals surface area contributed by atoms with Crippen molar-refractivity contribution in [2.75, 3.05) is 18.6 Å². The summed E-state index contributed by atoms with van der Waals surface area (Å²) in [4.78, 5) is 37.3. The number of para-hydroxylation sites is 1. The van der Waals surface area contributed by atoms with Crippen LogP contribution in [0.25, 0.3) is 11.3 Å². The third-order valence-electron chi connectivity index (χ3n) is 4.57. The molecule has 3 amide bonds. The van der Waals surface area contributed by atoms with Gasteiger partial charge in [-0.3, -0.25) is 30.3 Å². The Balaban J connectivity index is 1.52. The highest BCUT2D eigenvalue weighted by Gasteiger charge is 2.22. The van der Waals surface area contributed by atoms with Gasteiger partial charge in [0.15, 0.2) is 6.61 Å². The molecule has 3 aromatic rings. The Morgan fingerprint density at radius 2 is 1.73 bits per heavy atom. The number of H-pyrrole nitrogens is 1. The number of benzene rings is 2. The topological polar surface area (TPSA) is 125 Å². The monoisotopic (exact) mass is 467 g/mol. The summed E-state index contributed by atoms with van der Waals surface area (Å²) in [6, 6.07) is 19.1. The van der Waals surface area contributed by atoms with Gasteiger partial charge in [-0.25, -0.2) is 0 Å². The van der Waals surface area contributed by atoms with Crippen LogP contribution in [-0.2, 0) is 9.59 Å². The Bertz CT molecular complexity index is 1060. The van der Waals surface area contributed by atoms with E-state index in [1.165, 1.54) is 0 Å². The molecule has 0 fully saturated rings. The van der Waals surface area contributed by atoms with E-state index in [-0.39, 0.29) is 12.3 Å². The Morgan fingerprint density at radius 1 is 1.03 bits per heavy atom. The summed E-state index contributed by atoms with van der Waals surface area (Å²) in [7, 11) is 0. The van der Waals surface area contributed by atoms with Crippen molar-refractivity contribution in [3.8, 4) is 17.0 Å². The second-order valence-corrected chi connectivity index (χ2v) is 7.97. The first kappa shape index (κ1) is 23.9. The van der Waals surface area contributed by atoms with Gasteiger partial charge in [0.1, 0.15) is 17.5 Å². The second kappa shape index (κ2) is 12.3. The average Bonchev–Trinajstić information content (AvgIpc) is 3.35. The summed E-state index contributed by atoms with van der Waals surface area (Å²) in [6.45, 7) is -0.226. The van der Waals surface area contributed by atoms with E-state index < -0.39 is 23.8 Å². The number of nitrogens with zero attached hydrogens (tertiary/aromatic N) is 1. The first-order chi connectivity index (χ1) is 16.1. The van der Waals surface area contributed by atoms with Gasteiger partial charge in [0.05, 0.1) is 5.69 Å². The Kier molecular flexibility index (Phi) is 8.89. The maximum absolute atomic E-state index is 12.6. The molecule has 3 rings (SSSR count). The fourth-order valence-electron chi connectivity index (χ4n) is 2.87. The van der Waals surface area contributed by atoms with Crippen LogP contribution < -0.4 is 20.9 Å². The number of hydrogen-bond acceptors (Lipinski definition) is 6. The third kappa shape index (κ3) is 7.39. The summed E-state index contributed by atoms with van der Waals surface area (Å²) >= 11 is 1.54. The van der Waals surface area contributed by atoms with Crippen molar-refractivity contribution in [1.29, 1.82) is 0 Å². The molecule has 0 radical (unpaired) electrons. The van der Waals surface area contributed by atoms with E-state index in [4.69, 9.17) is 4.74 Å². The van der Waals surface area contributed by atoms with Crippen LogP contribution in [0.5, 0.6) is 5.75 Å². The van der Waals surface area contributed by atoms with Crippen LogP contribution in [0.2, 0.25) is 0 Å². The van der Waals surface area contributed by atoms with Crippen LogP contribution in [0.3, 0.4) is 0 Å². The number of aromatic nitrogens is 2. The van der Waals surface area contributed by atoms with Crippen LogP contribution in [0, 0.1) is 0 Å². The molecule has 0 unspecified atom stereocenters. The molecule has 1 aromatic heterocycles. The quantitative estimate of drug-likeness (QED) is 0.339. The number of hydrazine groups is 1. The molecule has 4 N–H and O–H groups in total. The number of hydrogen-bond donors (Lipinski definition) is 4. The van der Waals surface area contributed by atoms with Gasteiger partial charge in [0.25, 0.3) is 17.7 Å². The fourth-order valence-corrected chi connectivity index (χ4v) is 3.35. The predicted octanol–water partition coefficient (Wildman–Crippen LogP) is 2.15. The van der Waals surface area contributed by atoms with Crippen LogP contribution in [0.4, 0.5) is 0 Å². The van der Waals surface area contributed by atoms with E-state index in [2.05, 4.69) is 26.4 Å². The average molecular weight is 468 g/mol. The van der Waals surface area contributed by atoms with Gasteiger partial charge in [-0.15, -0.1) is 0 Å². The zero-order valence-corrected chi connectivity index (χ0v) is 18.9. The summed E-state index contributed by atoms with van der Waals surface area (Å²) < 4.78 is 5.42. The highest BCUT2D eigenvalue weighted by Crippen LogP contribution is 2.16. The Morgan fingerprint density at radius 3 is 2.42 bits per heavy atom. The lowest BCUT2D eigenvalue weighted by Gasteiger charge is -2.18. The van der Waals surface area contributed by atoms with E-state index in [9.17, 15) is 14.4 Å². The molecule has 0 aliphatic heterocycles. The van der Waals surface area contributed by atoms with Crippen molar-refractivity contribution in [2.45, 2.75) is 12.5 Å². The molecular weight excluding hydrogens is 442 g/mol. The fraction of sp³-hybridized carbons (Fsp3) is 0.217. The smallest absolute Gasteiger partial charge is 0.287 e. The van der Waals surface area contributed by atoms with E-state index >= 15 is 0 Å². The lowest BCUT2D eigenvalue weighted by molar-refractivity contribution is -0.130. The zero-order valence-electron chi connectivity index (χ0n) is 18.0. The van der Waals surface area contributed by atoms with E-state index in [0.717, 1.165) is 5.56 Å². The van der Waals surface area contributed by atoms with Gasteiger partial charge in [-0.1, -0.05) is 48.5 Å². The molecule has 0 aliphatic carbocycles. The van der Waals surface area contributed by atoms with Crippen molar-refractivity contribution in [3.05, 3.63) is 72.4 Å². The van der Waals surface area contributed by atoms with Crippen molar-refractivity contribution in [2.24, 2.45) is 0 Å². The van der Waals surface area contributed by atoms with Gasteiger partial charge in [-0.05, 0) is 36.6 Å². The lowest BCUT2D eigenvalue weighted by atomic mass is 10.1. The third-order valence-corrected chi connectivity index (χ3v) is 5.21. The second-order valence-electron chi connectivity index (χ2n) is 6.98. The first-order valence-corrected chi connectivity index (χ1v) is 11.6. The molecule has 0 saturated heterocycles. The maximum atomic E-state index is 12.6. The van der Waals surface area contributed by atoms with Crippen LogP contribution in [-0.4, -0.2) is 52.6 Å². The number of amides is 3. The highest BCUT2D eigenvalue weighted by atomic mass is 32.2. The Labute approximate surface area is 195 Å². The molecule has 0 saturated carbocycles. The number of rotatable bonds is 10. The summed E-state index contributed by atoms with van der Waals surface area (Å²) in [6.07, 6.45) is 2.29. The lowest BCUT2D eigenvalue weighted by Crippen LogP contribution is -2.53. The Hall–Kier alpha value is -3.79. The van der Waals surface area contributed by atoms with Crippen molar-refractivity contribution >= 4 is 29.5 Å². The van der Waals surface area contributed by atoms with Crippen molar-refractivity contribution < 1.29 is 19.1 Å². The summed E-state index contributed by atoms with van der Waals surface area (Å²) in [5.74, 6) is -0.326. The zero-order chi connectivity index (χ0) is 23.5. The highest BCUT2D eigenvalue weighted by molar-refractivity contribution is 7.98. The van der Waals surface area contributed by atoms with E-state index in [1.807, 2.05) is 42.7 Å². The van der Waals surface area contributed by atoms with E-state index in [0.29, 0.717) is 23.6 Å². The van der Waals surface area contributed by atoms with E-state index in [1.54, 1.807) is 42.1 Å². The van der Waals surface area contributed by atoms with Gasteiger partial charge < -0.3 is 10.1 Å². The number of aromatic amines is 1. The molecule has 9 nitrogen and oxygen atoms in total. The number of ether oxygens (including phenoxy) is 1. The standard InChI is InChI=1S/C23H25N5O4S/c1-33-13-12-18(24-21(29)15-32-17-10-6-3-7-11-17)22(30)27-28-23(31)20-14-19(25-26-20)16-8-4-2-5-9-16/h2-11,14,18H,12-13,15H2,1H3,(H,24,29)(H,25,26)(H,27,30)(H,28,31)/t18-/m1/s1. The number of carbonyl (C=O) groups is 3. The minimum atomic E-state index is -0.828. The summed E-state index contributed by atoms with van der Waals surface area (Å²) in [5, 5.41) is 9.43. The normalized spacial score (nSPS) is 11.3. The summed E-state index contributed by atoms with van der Waals surface area (Å²) in [5.41, 5.74) is 6.37. The minimum Gasteiger partial charge on any atom is -0.484 e. The van der Waals surface area contributed by atoms with Crippen molar-refractivity contribution in [3.63, 3.8) is 0 Å². The van der Waals surface area contributed by atoms with Gasteiger partial charge in [0, 0.05) is 5.56 Å². The predicted molar refractivity (Wildman–Crippen MR) is 126 cm³/mol. The first-order valence-electron chi connectivity index (χ1n) is 10.2. The van der Waals surface area contributed by atoms with Crippen molar-refractivity contribution in [1.82, 2.24) is 26.4 Å². The largest absolute Gasteiger partial charge is 0.484 e. The SMILES string of the molecule is CSCC[C@@H](NC(=O)COc1ccccc1)C(=O)NNC(=O)c1cc(-c2ccccc2)n[nH]1. The number of nitrogens with one attached hydrogen (secondary N) is 4. The van der Waals surface area contributed by atoms with Crippen LogP contribution in [0.15, 0.2) is 66.7 Å². The molecule has 10 heteroatoms. The molecule has 1 heterocycles. The number of thioether (sulfide) groups is 1. The molecule has 33 heavy (non-hydrogen) atoms. The van der Waals surface area contributed by atoms with Gasteiger partial charge in [0.2, 0.25) is 0 Å². The molecule has 1 atom stereocenters. The molecule has 2 aromatic carbocycles. The number of carbonyl (C=O) groups excluding carboxylic acids is 3. The van der Waals surface area contributed by atoms with Gasteiger partial charge in [-0.2, -0.15) is 16.9 Å². The van der Waals surface area contributed by atoms with Crippen LogP contribution in [0.1, 0.15) is 16.9 Å². The van der Waals surface area contributed by atoms with Gasteiger partial charge >= 0.3 is 0 Å². The molecule has 172 valence electrons. The minimum absolute atomic E-state index is 0.190. The van der Waals surface area contributed by atoms with Crippen LogP contribution >= 0.6 is 11.8 Å². The maximum Gasteiger partial charge on any atom is 0.287 e. The molecular formula is C23H25N5O4S. The molecule has 0 aliphatic rings. The molecule has 0 spiro atoms.